The average molecular weight is 226 g/mol. The lowest BCUT2D eigenvalue weighted by Crippen LogP contribution is -2.41. The SMILES string of the molecule is CCCC1CCCN(C(CN)CCC)CC1. The van der Waals surface area contributed by atoms with E-state index < -0.39 is 0 Å². The highest BCUT2D eigenvalue weighted by atomic mass is 15.2. The van der Waals surface area contributed by atoms with Gasteiger partial charge in [0.05, 0.1) is 0 Å². The summed E-state index contributed by atoms with van der Waals surface area (Å²) in [4.78, 5) is 2.65. The molecular formula is C14H30N2. The van der Waals surface area contributed by atoms with E-state index in [0.29, 0.717) is 6.04 Å². The lowest BCUT2D eigenvalue weighted by molar-refractivity contribution is 0.194. The maximum absolute atomic E-state index is 5.89. The van der Waals surface area contributed by atoms with Crippen molar-refractivity contribution >= 4 is 0 Å². The van der Waals surface area contributed by atoms with Crippen LogP contribution in [0.25, 0.3) is 0 Å². The quantitative estimate of drug-likeness (QED) is 0.754. The minimum absolute atomic E-state index is 0.644. The second-order valence-corrected chi connectivity index (χ2v) is 5.30. The van der Waals surface area contributed by atoms with E-state index in [9.17, 15) is 0 Å². The molecule has 0 amide bonds. The number of nitrogens with zero attached hydrogens (tertiary/aromatic N) is 1. The fraction of sp³-hybridized carbons (Fsp3) is 1.00. The molecule has 16 heavy (non-hydrogen) atoms. The molecule has 0 radical (unpaired) electrons. The summed E-state index contributed by atoms with van der Waals surface area (Å²) < 4.78 is 0. The van der Waals surface area contributed by atoms with Crippen LogP contribution in [0.1, 0.15) is 58.8 Å². The summed E-state index contributed by atoms with van der Waals surface area (Å²) in [6, 6.07) is 0.644. The Kier molecular flexibility index (Phi) is 7.06. The number of hydrogen-bond donors (Lipinski definition) is 1. The summed E-state index contributed by atoms with van der Waals surface area (Å²) in [5.74, 6) is 0.982. The second kappa shape index (κ2) is 8.08. The van der Waals surface area contributed by atoms with Crippen molar-refractivity contribution in [2.45, 2.75) is 64.8 Å². The van der Waals surface area contributed by atoms with Gasteiger partial charge in [-0.15, -0.1) is 0 Å². The highest BCUT2D eigenvalue weighted by Gasteiger charge is 2.21. The van der Waals surface area contributed by atoms with Crippen molar-refractivity contribution in [3.63, 3.8) is 0 Å². The Hall–Kier alpha value is -0.0800. The Morgan fingerprint density at radius 2 is 2.00 bits per heavy atom. The molecule has 1 saturated heterocycles. The van der Waals surface area contributed by atoms with Crippen LogP contribution in [0.2, 0.25) is 0 Å². The molecule has 2 nitrogen and oxygen atoms in total. The highest BCUT2D eigenvalue weighted by molar-refractivity contribution is 4.77. The molecule has 0 aliphatic carbocycles. The molecule has 0 aromatic heterocycles. The van der Waals surface area contributed by atoms with Gasteiger partial charge in [-0.1, -0.05) is 33.1 Å². The molecule has 2 atom stereocenters. The molecule has 1 fully saturated rings. The van der Waals surface area contributed by atoms with Crippen molar-refractivity contribution in [2.24, 2.45) is 11.7 Å². The van der Waals surface area contributed by atoms with Crippen LogP contribution >= 0.6 is 0 Å². The van der Waals surface area contributed by atoms with Crippen LogP contribution in [0.4, 0.5) is 0 Å². The van der Waals surface area contributed by atoms with E-state index in [1.807, 2.05) is 0 Å². The Bertz CT molecular complexity index is 170. The lowest BCUT2D eigenvalue weighted by atomic mass is 9.96. The zero-order chi connectivity index (χ0) is 11.8. The number of likely N-dealkylation sites (tertiary alicyclic amines) is 1. The molecule has 2 heteroatoms. The second-order valence-electron chi connectivity index (χ2n) is 5.30. The van der Waals surface area contributed by atoms with Crippen LogP contribution in [0.5, 0.6) is 0 Å². The van der Waals surface area contributed by atoms with E-state index >= 15 is 0 Å². The molecular weight excluding hydrogens is 196 g/mol. The first-order valence-electron chi connectivity index (χ1n) is 7.25. The maximum Gasteiger partial charge on any atom is 0.0218 e. The molecule has 96 valence electrons. The van der Waals surface area contributed by atoms with Crippen molar-refractivity contribution in [2.75, 3.05) is 19.6 Å². The molecule has 2 N–H and O–H groups in total. The number of hydrogen-bond acceptors (Lipinski definition) is 2. The molecule has 1 aliphatic heterocycles. The fourth-order valence-electron chi connectivity index (χ4n) is 3.03. The molecule has 0 bridgehead atoms. The van der Waals surface area contributed by atoms with Crippen LogP contribution in [0.15, 0.2) is 0 Å². The summed E-state index contributed by atoms with van der Waals surface area (Å²) >= 11 is 0. The molecule has 1 heterocycles. The molecule has 2 unspecified atom stereocenters. The number of nitrogens with two attached hydrogens (primary N) is 1. The molecule has 0 spiro atoms. The van der Waals surface area contributed by atoms with Crippen molar-refractivity contribution in [3.8, 4) is 0 Å². The van der Waals surface area contributed by atoms with Crippen molar-refractivity contribution in [1.29, 1.82) is 0 Å². The standard InChI is InChI=1S/C14H30N2/c1-3-6-13-8-5-10-16(11-9-13)14(12-15)7-4-2/h13-14H,3-12,15H2,1-2H3. The minimum Gasteiger partial charge on any atom is -0.329 e. The third-order valence-electron chi connectivity index (χ3n) is 3.99. The van der Waals surface area contributed by atoms with E-state index in [2.05, 4.69) is 18.7 Å². The predicted octanol–water partition coefficient (Wildman–Crippen LogP) is 3.02. The van der Waals surface area contributed by atoms with Gasteiger partial charge in [-0.3, -0.25) is 4.90 Å². The van der Waals surface area contributed by atoms with Gasteiger partial charge >= 0.3 is 0 Å². The largest absolute Gasteiger partial charge is 0.329 e. The first-order chi connectivity index (χ1) is 7.81. The van der Waals surface area contributed by atoms with Crippen LogP contribution < -0.4 is 5.73 Å². The van der Waals surface area contributed by atoms with Gasteiger partial charge in [0.2, 0.25) is 0 Å². The fourth-order valence-corrected chi connectivity index (χ4v) is 3.03. The van der Waals surface area contributed by atoms with Crippen molar-refractivity contribution in [3.05, 3.63) is 0 Å². The van der Waals surface area contributed by atoms with E-state index in [0.717, 1.165) is 12.5 Å². The lowest BCUT2D eigenvalue weighted by Gasteiger charge is -2.29. The van der Waals surface area contributed by atoms with Gasteiger partial charge in [0.1, 0.15) is 0 Å². The van der Waals surface area contributed by atoms with Gasteiger partial charge in [0.15, 0.2) is 0 Å². The van der Waals surface area contributed by atoms with Gasteiger partial charge in [-0.2, -0.15) is 0 Å². The van der Waals surface area contributed by atoms with Crippen LogP contribution in [-0.2, 0) is 0 Å². The Labute approximate surface area is 102 Å². The van der Waals surface area contributed by atoms with Crippen molar-refractivity contribution < 1.29 is 0 Å². The first-order valence-corrected chi connectivity index (χ1v) is 7.25. The maximum atomic E-state index is 5.89. The predicted molar refractivity (Wildman–Crippen MR) is 71.6 cm³/mol. The Balaban J connectivity index is 2.38. The van der Waals surface area contributed by atoms with Crippen LogP contribution in [0, 0.1) is 5.92 Å². The Morgan fingerprint density at radius 1 is 1.19 bits per heavy atom. The number of rotatable bonds is 6. The third kappa shape index (κ3) is 4.42. The summed E-state index contributed by atoms with van der Waals surface area (Å²) in [5.41, 5.74) is 5.89. The molecule has 0 aromatic rings. The zero-order valence-electron chi connectivity index (χ0n) is 11.3. The molecule has 0 saturated carbocycles. The monoisotopic (exact) mass is 226 g/mol. The van der Waals surface area contributed by atoms with Gasteiger partial charge < -0.3 is 5.73 Å². The zero-order valence-corrected chi connectivity index (χ0v) is 11.3. The molecule has 1 aliphatic rings. The summed E-state index contributed by atoms with van der Waals surface area (Å²) in [5, 5.41) is 0. The average Bonchev–Trinajstić information content (AvgIpc) is 2.52. The summed E-state index contributed by atoms with van der Waals surface area (Å²) in [6.07, 6.45) is 9.52. The Morgan fingerprint density at radius 3 is 2.62 bits per heavy atom. The molecule has 1 rings (SSSR count). The van der Waals surface area contributed by atoms with E-state index in [-0.39, 0.29) is 0 Å². The minimum atomic E-state index is 0.644. The normalized spacial score (nSPS) is 25.3. The summed E-state index contributed by atoms with van der Waals surface area (Å²) in [6.45, 7) is 7.98. The van der Waals surface area contributed by atoms with Crippen LogP contribution in [0.3, 0.4) is 0 Å². The van der Waals surface area contributed by atoms with Gasteiger partial charge in [0.25, 0.3) is 0 Å². The topological polar surface area (TPSA) is 29.3 Å². The third-order valence-corrected chi connectivity index (χ3v) is 3.99. The van der Waals surface area contributed by atoms with Gasteiger partial charge in [0, 0.05) is 12.6 Å². The smallest absolute Gasteiger partial charge is 0.0218 e. The first kappa shape index (κ1) is 14.0. The van der Waals surface area contributed by atoms with Crippen molar-refractivity contribution in [1.82, 2.24) is 4.90 Å². The highest BCUT2D eigenvalue weighted by Crippen LogP contribution is 2.23. The van der Waals surface area contributed by atoms with Crippen LogP contribution in [-0.4, -0.2) is 30.6 Å². The molecule has 0 aromatic carbocycles. The van der Waals surface area contributed by atoms with E-state index in [1.165, 1.54) is 58.0 Å². The van der Waals surface area contributed by atoms with E-state index in [4.69, 9.17) is 5.73 Å². The summed E-state index contributed by atoms with van der Waals surface area (Å²) in [7, 11) is 0. The van der Waals surface area contributed by atoms with Gasteiger partial charge in [-0.05, 0) is 44.7 Å². The van der Waals surface area contributed by atoms with E-state index in [1.54, 1.807) is 0 Å². The van der Waals surface area contributed by atoms with Gasteiger partial charge in [-0.25, -0.2) is 0 Å².